The van der Waals surface area contributed by atoms with Crippen LogP contribution in [0.1, 0.15) is 48.9 Å². The maximum atomic E-state index is 14.7. The van der Waals surface area contributed by atoms with Gasteiger partial charge in [-0.2, -0.15) is 0 Å². The lowest BCUT2D eigenvalue weighted by Gasteiger charge is -2.31. The lowest BCUT2D eigenvalue weighted by Crippen LogP contribution is -2.52. The van der Waals surface area contributed by atoms with Crippen LogP contribution in [0.5, 0.6) is 5.75 Å². The van der Waals surface area contributed by atoms with E-state index in [1.54, 1.807) is 29.2 Å². The number of esters is 1. The van der Waals surface area contributed by atoms with Crippen LogP contribution in [0.4, 0.5) is 9.59 Å². The molecule has 5 aromatic rings. The number of carbonyl (C=O) groups excluding carboxylic acids is 5. The Kier molecular flexibility index (Phi) is 18.7. The Labute approximate surface area is 362 Å². The molecule has 0 fully saturated rings. The predicted octanol–water partition coefficient (Wildman–Crippen LogP) is 5.98. The SMILES string of the molecule is CCOC(CN(Cc1ccc2ccccc2c1)C(=O)[C@H](Cc1ccc(OC(=O)CCNC(=O)NCc2ccccc2)cc1)NC(=O)CCNC(=O)NCc1ccccc1)OCC. The normalized spacial score (nSPS) is 11.3. The number of rotatable bonds is 23. The first kappa shape index (κ1) is 46.3. The van der Waals surface area contributed by atoms with E-state index in [0.717, 1.165) is 27.5 Å². The van der Waals surface area contributed by atoms with Gasteiger partial charge < -0.3 is 45.7 Å². The van der Waals surface area contributed by atoms with Crippen LogP contribution in [-0.2, 0) is 49.9 Å². The first-order valence-corrected chi connectivity index (χ1v) is 20.9. The second-order valence-electron chi connectivity index (χ2n) is 14.4. The van der Waals surface area contributed by atoms with Gasteiger partial charge in [0.1, 0.15) is 11.8 Å². The minimum absolute atomic E-state index is 0.0405. The molecule has 5 N–H and O–H groups in total. The quantitative estimate of drug-likeness (QED) is 0.0303. The molecule has 326 valence electrons. The highest BCUT2D eigenvalue weighted by atomic mass is 16.7. The smallest absolute Gasteiger partial charge is 0.315 e. The van der Waals surface area contributed by atoms with Crippen molar-refractivity contribution in [3.8, 4) is 5.75 Å². The summed E-state index contributed by atoms with van der Waals surface area (Å²) in [6.45, 7) is 5.56. The molecule has 0 radical (unpaired) electrons. The number of ether oxygens (including phenoxy) is 3. The highest BCUT2D eigenvalue weighted by Crippen LogP contribution is 2.20. The lowest BCUT2D eigenvalue weighted by molar-refractivity contribution is -0.161. The van der Waals surface area contributed by atoms with Gasteiger partial charge in [-0.1, -0.05) is 109 Å². The summed E-state index contributed by atoms with van der Waals surface area (Å²) in [4.78, 5) is 67.1. The van der Waals surface area contributed by atoms with Crippen LogP contribution in [-0.4, -0.2) is 79.9 Å². The zero-order valence-corrected chi connectivity index (χ0v) is 35.3. The van der Waals surface area contributed by atoms with E-state index in [2.05, 4.69) is 26.6 Å². The summed E-state index contributed by atoms with van der Waals surface area (Å²) in [5.74, 6) is -1.05. The fraction of sp³-hybridized carbons (Fsp3) is 0.312. The summed E-state index contributed by atoms with van der Waals surface area (Å²) in [5.41, 5.74) is 3.46. The monoisotopic (exact) mass is 844 g/mol. The predicted molar refractivity (Wildman–Crippen MR) is 237 cm³/mol. The Morgan fingerprint density at radius 2 is 1.13 bits per heavy atom. The van der Waals surface area contributed by atoms with Crippen LogP contribution in [0.3, 0.4) is 0 Å². The molecule has 6 amide bonds. The second-order valence-corrected chi connectivity index (χ2v) is 14.4. The number of nitrogens with zero attached hydrogens (tertiary/aromatic N) is 1. The number of amides is 6. The van der Waals surface area contributed by atoms with Crippen LogP contribution < -0.4 is 31.3 Å². The van der Waals surface area contributed by atoms with Crippen LogP contribution in [0.2, 0.25) is 0 Å². The largest absolute Gasteiger partial charge is 0.426 e. The molecule has 62 heavy (non-hydrogen) atoms. The molecular formula is C48H56N6O8. The minimum Gasteiger partial charge on any atom is -0.426 e. The number of nitrogens with one attached hydrogen (secondary N) is 5. The van der Waals surface area contributed by atoms with Crippen molar-refractivity contribution in [3.05, 3.63) is 150 Å². The van der Waals surface area contributed by atoms with Gasteiger partial charge >= 0.3 is 18.0 Å². The third kappa shape index (κ3) is 16.0. The average molecular weight is 845 g/mol. The van der Waals surface area contributed by atoms with Crippen molar-refractivity contribution in [1.29, 1.82) is 0 Å². The number of hydrogen-bond donors (Lipinski definition) is 5. The van der Waals surface area contributed by atoms with E-state index in [9.17, 15) is 24.0 Å². The van der Waals surface area contributed by atoms with Crippen molar-refractivity contribution in [3.63, 3.8) is 0 Å². The summed E-state index contributed by atoms with van der Waals surface area (Å²) in [7, 11) is 0. The van der Waals surface area contributed by atoms with Gasteiger partial charge in [-0.15, -0.1) is 0 Å². The molecule has 0 aliphatic carbocycles. The van der Waals surface area contributed by atoms with Gasteiger partial charge in [0.15, 0.2) is 6.29 Å². The second kappa shape index (κ2) is 25.1. The lowest BCUT2D eigenvalue weighted by atomic mass is 10.0. The van der Waals surface area contributed by atoms with E-state index >= 15 is 0 Å². The van der Waals surface area contributed by atoms with Crippen LogP contribution >= 0.6 is 0 Å². The van der Waals surface area contributed by atoms with E-state index in [-0.39, 0.29) is 57.1 Å². The topological polar surface area (TPSA) is 176 Å². The summed E-state index contributed by atoms with van der Waals surface area (Å²) >= 11 is 0. The fourth-order valence-corrected chi connectivity index (χ4v) is 6.54. The van der Waals surface area contributed by atoms with Crippen molar-refractivity contribution in [2.75, 3.05) is 32.8 Å². The molecular weight excluding hydrogens is 789 g/mol. The van der Waals surface area contributed by atoms with Gasteiger partial charge in [-0.25, -0.2) is 9.59 Å². The summed E-state index contributed by atoms with van der Waals surface area (Å²) in [6.07, 6.45) is -0.734. The summed E-state index contributed by atoms with van der Waals surface area (Å²) in [6, 6.07) is 37.7. The van der Waals surface area contributed by atoms with Gasteiger partial charge in [0.25, 0.3) is 0 Å². The van der Waals surface area contributed by atoms with Crippen LogP contribution in [0.15, 0.2) is 127 Å². The molecule has 0 aromatic heterocycles. The van der Waals surface area contributed by atoms with Gasteiger partial charge in [0.2, 0.25) is 11.8 Å². The number of carbonyl (C=O) groups is 5. The van der Waals surface area contributed by atoms with Crippen molar-refractivity contribution in [2.45, 2.75) is 65.1 Å². The van der Waals surface area contributed by atoms with E-state index < -0.39 is 36.3 Å². The first-order chi connectivity index (χ1) is 30.2. The van der Waals surface area contributed by atoms with E-state index in [1.807, 2.05) is 117 Å². The standard InChI is InChI=1S/C48H56N6O8/c1-3-60-45(61-4-2)34-54(33-38-19-22-39-17-11-12-18-40(39)29-38)46(57)42(53-43(55)25-27-49-47(58)51-31-36-13-7-5-8-14-36)30-35-20-23-41(24-21-35)62-44(56)26-28-50-48(59)52-32-37-15-9-6-10-16-37/h5-24,29,42,45H,3-4,25-28,30-34H2,1-2H3,(H,53,55)(H2,49,51,58)(H2,50,52,59)/t42-/m0/s1. The van der Waals surface area contributed by atoms with Gasteiger partial charge in [0.05, 0.1) is 13.0 Å². The van der Waals surface area contributed by atoms with E-state index in [4.69, 9.17) is 14.2 Å². The third-order valence-corrected chi connectivity index (χ3v) is 9.65. The molecule has 0 aliphatic heterocycles. The van der Waals surface area contributed by atoms with Gasteiger partial charge in [-0.05, 0) is 65.1 Å². The Hall–Kier alpha value is -6.77. The molecule has 0 saturated carbocycles. The Balaban J connectivity index is 1.24. The first-order valence-electron chi connectivity index (χ1n) is 20.9. The van der Waals surface area contributed by atoms with Crippen molar-refractivity contribution >= 4 is 40.6 Å². The molecule has 0 bridgehead atoms. The van der Waals surface area contributed by atoms with Gasteiger partial charge in [0, 0.05) is 58.8 Å². The number of benzene rings is 5. The molecule has 0 unspecified atom stereocenters. The van der Waals surface area contributed by atoms with Crippen molar-refractivity contribution in [1.82, 2.24) is 31.5 Å². The molecule has 0 spiro atoms. The highest BCUT2D eigenvalue weighted by molar-refractivity contribution is 5.88. The van der Waals surface area contributed by atoms with Crippen LogP contribution in [0, 0.1) is 0 Å². The van der Waals surface area contributed by atoms with Crippen molar-refractivity contribution in [2.24, 2.45) is 0 Å². The molecule has 5 rings (SSSR count). The zero-order chi connectivity index (χ0) is 43.9. The average Bonchev–Trinajstić information content (AvgIpc) is 3.28. The number of urea groups is 2. The summed E-state index contributed by atoms with van der Waals surface area (Å²) < 4.78 is 17.2. The molecule has 0 saturated heterocycles. The minimum atomic E-state index is -1.02. The van der Waals surface area contributed by atoms with E-state index in [0.29, 0.717) is 31.9 Å². The summed E-state index contributed by atoms with van der Waals surface area (Å²) in [5, 5.41) is 15.9. The van der Waals surface area contributed by atoms with Crippen molar-refractivity contribution < 1.29 is 38.2 Å². The molecule has 14 nitrogen and oxygen atoms in total. The molecule has 0 heterocycles. The molecule has 1 atom stereocenters. The maximum Gasteiger partial charge on any atom is 0.315 e. The zero-order valence-electron chi connectivity index (χ0n) is 35.3. The molecule has 0 aliphatic rings. The Morgan fingerprint density at radius 1 is 0.581 bits per heavy atom. The number of hydrogen-bond acceptors (Lipinski definition) is 8. The molecule has 14 heteroatoms. The fourth-order valence-electron chi connectivity index (χ4n) is 6.54. The van der Waals surface area contributed by atoms with E-state index in [1.165, 1.54) is 0 Å². The van der Waals surface area contributed by atoms with Gasteiger partial charge in [-0.3, -0.25) is 14.4 Å². The number of fused-ring (bicyclic) bond motifs is 1. The third-order valence-electron chi connectivity index (χ3n) is 9.65. The maximum absolute atomic E-state index is 14.7. The highest BCUT2D eigenvalue weighted by Gasteiger charge is 2.29. The Bertz CT molecular complexity index is 2180. The Morgan fingerprint density at radius 3 is 1.73 bits per heavy atom. The molecule has 5 aromatic carbocycles. The van der Waals surface area contributed by atoms with Crippen LogP contribution in [0.25, 0.3) is 10.8 Å².